The normalized spacial score (nSPS) is 27.6. The van der Waals surface area contributed by atoms with Crippen molar-refractivity contribution in [3.8, 4) is 0 Å². The maximum Gasteiger partial charge on any atom is 0.328 e. The molecule has 2 heterocycles. The summed E-state index contributed by atoms with van der Waals surface area (Å²) in [6, 6.07) is -0.823. The van der Waals surface area contributed by atoms with E-state index < -0.39 is 35.3 Å². The van der Waals surface area contributed by atoms with E-state index in [0.717, 1.165) is 10.8 Å². The molecule has 1 fully saturated rings. The zero-order valence-electron chi connectivity index (χ0n) is 9.38. The summed E-state index contributed by atoms with van der Waals surface area (Å²) in [4.78, 5) is 24.3. The largest absolute Gasteiger partial charge is 0.396 e. The van der Waals surface area contributed by atoms with Crippen LogP contribution in [0.4, 0.5) is 4.39 Å². The van der Waals surface area contributed by atoms with E-state index in [1.165, 1.54) is 0 Å². The number of aromatic nitrogens is 2. The van der Waals surface area contributed by atoms with Crippen LogP contribution in [0.2, 0.25) is 0 Å². The molecule has 0 aliphatic carbocycles. The van der Waals surface area contributed by atoms with Gasteiger partial charge >= 0.3 is 5.69 Å². The molecule has 3 N–H and O–H groups in total. The highest BCUT2D eigenvalue weighted by atomic mass is 19.1. The first-order valence-corrected chi connectivity index (χ1v) is 5.46. The van der Waals surface area contributed by atoms with Crippen molar-refractivity contribution in [1.82, 2.24) is 9.55 Å². The van der Waals surface area contributed by atoms with Crippen molar-refractivity contribution in [3.05, 3.63) is 32.9 Å². The van der Waals surface area contributed by atoms with Gasteiger partial charge in [0.1, 0.15) is 6.10 Å². The number of aliphatic hydroxyl groups excluding tert-OH is 2. The lowest BCUT2D eigenvalue weighted by molar-refractivity contribution is 0.0663. The van der Waals surface area contributed by atoms with Gasteiger partial charge in [-0.15, -0.1) is 0 Å². The number of nitrogens with one attached hydrogen (secondary N) is 1. The van der Waals surface area contributed by atoms with Gasteiger partial charge in [-0.3, -0.25) is 14.3 Å². The molecule has 18 heavy (non-hydrogen) atoms. The highest BCUT2D eigenvalue weighted by molar-refractivity contribution is 4.96. The Morgan fingerprint density at radius 3 is 2.94 bits per heavy atom. The van der Waals surface area contributed by atoms with Crippen LogP contribution in [0, 0.1) is 5.82 Å². The van der Waals surface area contributed by atoms with Crippen LogP contribution in [0.25, 0.3) is 0 Å². The molecule has 0 spiro atoms. The van der Waals surface area contributed by atoms with Crippen molar-refractivity contribution >= 4 is 0 Å². The fourth-order valence-electron chi connectivity index (χ4n) is 2.10. The number of aliphatic hydroxyl groups is 2. The second-order valence-corrected chi connectivity index (χ2v) is 4.09. The Labute approximate surface area is 100 Å². The average molecular weight is 260 g/mol. The summed E-state index contributed by atoms with van der Waals surface area (Å²) in [5.74, 6) is -1.11. The predicted octanol–water partition coefficient (Wildman–Crippen LogP) is -1.64. The fraction of sp³-hybridized carbons (Fsp3) is 0.600. The van der Waals surface area contributed by atoms with Gasteiger partial charge in [-0.1, -0.05) is 0 Å². The first-order chi connectivity index (χ1) is 8.54. The van der Waals surface area contributed by atoms with E-state index in [0.29, 0.717) is 0 Å². The lowest BCUT2D eigenvalue weighted by Crippen LogP contribution is -2.40. The Kier molecular flexibility index (Phi) is 3.60. The second-order valence-electron chi connectivity index (χ2n) is 4.09. The highest BCUT2D eigenvalue weighted by Crippen LogP contribution is 2.27. The van der Waals surface area contributed by atoms with E-state index in [-0.39, 0.29) is 19.6 Å². The van der Waals surface area contributed by atoms with Gasteiger partial charge < -0.3 is 14.9 Å². The molecule has 1 saturated heterocycles. The molecule has 7 nitrogen and oxygen atoms in total. The second kappa shape index (κ2) is 5.01. The predicted molar refractivity (Wildman–Crippen MR) is 57.8 cm³/mol. The molecule has 1 aliphatic heterocycles. The first-order valence-electron chi connectivity index (χ1n) is 5.46. The molecule has 0 aromatic carbocycles. The smallest absolute Gasteiger partial charge is 0.328 e. The number of hydrogen-bond donors (Lipinski definition) is 3. The molecule has 1 aromatic rings. The van der Waals surface area contributed by atoms with E-state index in [9.17, 15) is 19.1 Å². The van der Waals surface area contributed by atoms with E-state index in [4.69, 9.17) is 9.84 Å². The van der Waals surface area contributed by atoms with Crippen molar-refractivity contribution in [2.24, 2.45) is 0 Å². The Hall–Kier alpha value is -1.51. The number of nitrogens with zero attached hydrogens (tertiary/aromatic N) is 1. The van der Waals surface area contributed by atoms with Crippen LogP contribution in [-0.4, -0.2) is 45.2 Å². The van der Waals surface area contributed by atoms with Gasteiger partial charge in [-0.2, -0.15) is 4.39 Å². The van der Waals surface area contributed by atoms with E-state index in [1.807, 2.05) is 4.98 Å². The van der Waals surface area contributed by atoms with Gasteiger partial charge in [0.05, 0.1) is 24.9 Å². The van der Waals surface area contributed by atoms with Crippen molar-refractivity contribution in [1.29, 1.82) is 0 Å². The maximum absolute atomic E-state index is 13.2. The van der Waals surface area contributed by atoms with Crippen LogP contribution in [0.15, 0.2) is 15.8 Å². The van der Waals surface area contributed by atoms with Gasteiger partial charge in [0.15, 0.2) is 0 Å². The molecule has 0 unspecified atom stereocenters. The number of halogens is 1. The van der Waals surface area contributed by atoms with Gasteiger partial charge in [0, 0.05) is 6.61 Å². The third-order valence-electron chi connectivity index (χ3n) is 2.92. The molecular formula is C10H13FN2O5. The Balaban J connectivity index is 2.43. The Morgan fingerprint density at radius 2 is 2.28 bits per heavy atom. The summed E-state index contributed by atoms with van der Waals surface area (Å²) in [6.45, 7) is -0.197. The minimum atomic E-state index is -1.11. The summed E-state index contributed by atoms with van der Waals surface area (Å²) in [5, 5.41) is 18.6. The summed E-state index contributed by atoms with van der Waals surface area (Å²) < 4.78 is 19.3. The summed E-state index contributed by atoms with van der Waals surface area (Å²) in [7, 11) is 0. The summed E-state index contributed by atoms with van der Waals surface area (Å²) >= 11 is 0. The molecule has 0 amide bonds. The molecule has 0 bridgehead atoms. The van der Waals surface area contributed by atoms with Crippen molar-refractivity contribution in [2.45, 2.75) is 24.7 Å². The molecule has 0 saturated carbocycles. The van der Waals surface area contributed by atoms with E-state index in [1.54, 1.807) is 0 Å². The number of hydrogen-bond acceptors (Lipinski definition) is 5. The third-order valence-corrected chi connectivity index (χ3v) is 2.92. The monoisotopic (exact) mass is 260 g/mol. The molecule has 2 rings (SSSR count). The van der Waals surface area contributed by atoms with Crippen molar-refractivity contribution < 1.29 is 19.3 Å². The van der Waals surface area contributed by atoms with Crippen LogP contribution >= 0.6 is 0 Å². The molecule has 8 heteroatoms. The quantitative estimate of drug-likeness (QED) is 0.604. The molecule has 1 aliphatic rings. The minimum absolute atomic E-state index is 0.0114. The van der Waals surface area contributed by atoms with Crippen LogP contribution in [0.3, 0.4) is 0 Å². The zero-order valence-corrected chi connectivity index (χ0v) is 9.38. The highest BCUT2D eigenvalue weighted by Gasteiger charge is 2.38. The minimum Gasteiger partial charge on any atom is -0.396 e. The number of aromatic amines is 1. The summed E-state index contributed by atoms with van der Waals surface area (Å²) in [5.41, 5.74) is -1.93. The van der Waals surface area contributed by atoms with Crippen molar-refractivity contribution in [2.75, 3.05) is 13.2 Å². The number of H-pyrrole nitrogens is 1. The van der Waals surface area contributed by atoms with Crippen LogP contribution in [-0.2, 0) is 4.74 Å². The van der Waals surface area contributed by atoms with Crippen LogP contribution in [0.1, 0.15) is 12.5 Å². The fourth-order valence-corrected chi connectivity index (χ4v) is 2.10. The van der Waals surface area contributed by atoms with Gasteiger partial charge in [-0.05, 0) is 6.42 Å². The number of rotatable bonds is 3. The van der Waals surface area contributed by atoms with Crippen LogP contribution < -0.4 is 11.2 Å². The number of ether oxygens (including phenoxy) is 1. The topological polar surface area (TPSA) is 105 Å². The Morgan fingerprint density at radius 1 is 1.56 bits per heavy atom. The molecule has 3 atom stereocenters. The molecule has 0 radical (unpaired) electrons. The lowest BCUT2D eigenvalue weighted by atomic mass is 10.1. The van der Waals surface area contributed by atoms with Crippen molar-refractivity contribution in [3.63, 3.8) is 0 Å². The van der Waals surface area contributed by atoms with E-state index in [2.05, 4.69) is 0 Å². The van der Waals surface area contributed by atoms with E-state index >= 15 is 0 Å². The third kappa shape index (κ3) is 2.22. The van der Waals surface area contributed by atoms with Gasteiger partial charge in [-0.25, -0.2) is 4.79 Å². The standard InChI is InChI=1S/C10H13FN2O5/c11-5-3-13(10(17)12-9(5)16)8-6(15)4-18-7(8)1-2-14/h3,6-8,14-15H,1-2,4H2,(H,12,16,17)/t6-,7+,8+/m0/s1. The van der Waals surface area contributed by atoms with Crippen LogP contribution in [0.5, 0.6) is 0 Å². The summed E-state index contributed by atoms with van der Waals surface area (Å²) in [6.07, 6.45) is -0.652. The zero-order chi connectivity index (χ0) is 13.3. The first kappa shape index (κ1) is 12.9. The van der Waals surface area contributed by atoms with Gasteiger partial charge in [0.2, 0.25) is 5.82 Å². The lowest BCUT2D eigenvalue weighted by Gasteiger charge is -2.21. The van der Waals surface area contributed by atoms with Gasteiger partial charge in [0.25, 0.3) is 5.56 Å². The Bertz CT molecular complexity index is 538. The molecule has 1 aromatic heterocycles. The average Bonchev–Trinajstić information content (AvgIpc) is 2.66. The molecule has 100 valence electrons. The molecular weight excluding hydrogens is 247 g/mol. The maximum atomic E-state index is 13.2. The SMILES string of the molecule is O=c1[nH]c(=O)n([C@@H]2[C@@H](O)CO[C@@H]2CCO)cc1F.